The Kier molecular flexibility index (Phi) is 3.83. The Morgan fingerprint density at radius 1 is 1.36 bits per heavy atom. The fourth-order valence-electron chi connectivity index (χ4n) is 3.15. The van der Waals surface area contributed by atoms with Gasteiger partial charge < -0.3 is 14.6 Å². The number of carbonyl (C=O) groups is 2. The van der Waals surface area contributed by atoms with Gasteiger partial charge in [-0.05, 0) is 36.9 Å². The fourth-order valence-corrected chi connectivity index (χ4v) is 3.32. The Labute approximate surface area is 133 Å². The SMILES string of the molecule is CC1C(C(=O)O)CCN1C(=O)Cn1ccc2ccc(Cl)cc21. The van der Waals surface area contributed by atoms with Crippen molar-refractivity contribution in [2.24, 2.45) is 5.92 Å². The summed E-state index contributed by atoms with van der Waals surface area (Å²) < 4.78 is 1.85. The quantitative estimate of drug-likeness (QED) is 0.945. The lowest BCUT2D eigenvalue weighted by Crippen LogP contribution is -2.39. The van der Waals surface area contributed by atoms with Gasteiger partial charge in [-0.2, -0.15) is 0 Å². The molecule has 0 radical (unpaired) electrons. The fraction of sp³-hybridized carbons (Fsp3) is 0.375. The number of carbonyl (C=O) groups excluding carboxylic acids is 1. The molecule has 0 aliphatic carbocycles. The van der Waals surface area contributed by atoms with Crippen molar-refractivity contribution in [1.29, 1.82) is 0 Å². The maximum atomic E-state index is 12.5. The van der Waals surface area contributed by atoms with Gasteiger partial charge in [-0.25, -0.2) is 0 Å². The van der Waals surface area contributed by atoms with Crippen LogP contribution in [0.1, 0.15) is 13.3 Å². The minimum absolute atomic E-state index is 0.0614. The number of aliphatic carboxylic acids is 1. The molecule has 1 amide bonds. The summed E-state index contributed by atoms with van der Waals surface area (Å²) in [6.45, 7) is 2.49. The van der Waals surface area contributed by atoms with Gasteiger partial charge in [0, 0.05) is 29.3 Å². The number of amides is 1. The third kappa shape index (κ3) is 2.57. The highest BCUT2D eigenvalue weighted by molar-refractivity contribution is 6.31. The van der Waals surface area contributed by atoms with Crippen LogP contribution in [0.3, 0.4) is 0 Å². The molecule has 22 heavy (non-hydrogen) atoms. The Bertz CT molecular complexity index is 740. The topological polar surface area (TPSA) is 62.5 Å². The molecule has 6 heteroatoms. The summed E-state index contributed by atoms with van der Waals surface area (Å²) in [6, 6.07) is 7.23. The van der Waals surface area contributed by atoms with Gasteiger partial charge in [-0.3, -0.25) is 9.59 Å². The number of benzene rings is 1. The van der Waals surface area contributed by atoms with Crippen LogP contribution in [0, 0.1) is 5.92 Å². The van der Waals surface area contributed by atoms with Crippen LogP contribution >= 0.6 is 11.6 Å². The first-order valence-corrected chi connectivity index (χ1v) is 7.62. The third-order valence-corrected chi connectivity index (χ3v) is 4.67. The van der Waals surface area contributed by atoms with Crippen molar-refractivity contribution < 1.29 is 14.7 Å². The van der Waals surface area contributed by atoms with E-state index in [4.69, 9.17) is 16.7 Å². The van der Waals surface area contributed by atoms with E-state index in [1.165, 1.54) is 0 Å². The van der Waals surface area contributed by atoms with Crippen molar-refractivity contribution in [3.05, 3.63) is 35.5 Å². The number of aromatic nitrogens is 1. The lowest BCUT2D eigenvalue weighted by Gasteiger charge is -2.23. The van der Waals surface area contributed by atoms with Crippen molar-refractivity contribution in [3.8, 4) is 0 Å². The van der Waals surface area contributed by atoms with Gasteiger partial charge in [0.05, 0.1) is 5.92 Å². The molecule has 1 N–H and O–H groups in total. The van der Waals surface area contributed by atoms with Crippen molar-refractivity contribution >= 4 is 34.4 Å². The zero-order valence-corrected chi connectivity index (χ0v) is 13.0. The van der Waals surface area contributed by atoms with Gasteiger partial charge in [0.15, 0.2) is 0 Å². The van der Waals surface area contributed by atoms with Crippen LogP contribution in [0.4, 0.5) is 0 Å². The average molecular weight is 321 g/mol. The summed E-state index contributed by atoms with van der Waals surface area (Å²) in [5, 5.41) is 10.8. The van der Waals surface area contributed by atoms with Crippen LogP contribution in [0.5, 0.6) is 0 Å². The number of nitrogens with zero attached hydrogens (tertiary/aromatic N) is 2. The first-order valence-electron chi connectivity index (χ1n) is 7.24. The molecular formula is C16H17ClN2O3. The van der Waals surface area contributed by atoms with E-state index >= 15 is 0 Å². The van der Waals surface area contributed by atoms with E-state index in [0.29, 0.717) is 18.0 Å². The lowest BCUT2D eigenvalue weighted by molar-refractivity contribution is -0.143. The maximum Gasteiger partial charge on any atom is 0.308 e. The van der Waals surface area contributed by atoms with Crippen molar-refractivity contribution in [2.45, 2.75) is 25.9 Å². The summed E-state index contributed by atoms with van der Waals surface area (Å²) >= 11 is 6.01. The smallest absolute Gasteiger partial charge is 0.308 e. The maximum absolute atomic E-state index is 12.5. The van der Waals surface area contributed by atoms with Crippen molar-refractivity contribution in [1.82, 2.24) is 9.47 Å². The van der Waals surface area contributed by atoms with Crippen LogP contribution in [-0.4, -0.2) is 39.0 Å². The second kappa shape index (κ2) is 5.65. The van der Waals surface area contributed by atoms with Gasteiger partial charge >= 0.3 is 5.97 Å². The van der Waals surface area contributed by atoms with Crippen LogP contribution in [-0.2, 0) is 16.1 Å². The number of rotatable bonds is 3. The zero-order valence-electron chi connectivity index (χ0n) is 12.2. The molecule has 2 aromatic rings. The highest BCUT2D eigenvalue weighted by atomic mass is 35.5. The molecule has 2 unspecified atom stereocenters. The minimum atomic E-state index is -0.832. The number of hydrogen-bond donors (Lipinski definition) is 1. The van der Waals surface area contributed by atoms with Crippen LogP contribution in [0.15, 0.2) is 30.5 Å². The van der Waals surface area contributed by atoms with Gasteiger partial charge in [0.25, 0.3) is 0 Å². The monoisotopic (exact) mass is 320 g/mol. The van der Waals surface area contributed by atoms with E-state index < -0.39 is 11.9 Å². The van der Waals surface area contributed by atoms with Gasteiger partial charge in [0.2, 0.25) is 5.91 Å². The molecule has 1 aliphatic heterocycles. The highest BCUT2D eigenvalue weighted by Gasteiger charge is 2.37. The summed E-state index contributed by atoms with van der Waals surface area (Å²) in [7, 11) is 0. The Morgan fingerprint density at radius 3 is 2.82 bits per heavy atom. The number of carboxylic acids is 1. The van der Waals surface area contributed by atoms with E-state index in [1.807, 2.05) is 35.0 Å². The largest absolute Gasteiger partial charge is 0.481 e. The van der Waals surface area contributed by atoms with Gasteiger partial charge in [-0.1, -0.05) is 17.7 Å². The molecule has 2 atom stereocenters. The zero-order chi connectivity index (χ0) is 15.9. The molecule has 1 aromatic heterocycles. The van der Waals surface area contributed by atoms with Crippen LogP contribution in [0.25, 0.3) is 10.9 Å². The molecule has 1 saturated heterocycles. The predicted molar refractivity (Wildman–Crippen MR) is 83.9 cm³/mol. The standard InChI is InChI=1S/C16H17ClN2O3/c1-10-13(16(21)22)5-7-19(10)15(20)9-18-6-4-11-2-3-12(17)8-14(11)18/h2-4,6,8,10,13H,5,7,9H2,1H3,(H,21,22). The summed E-state index contributed by atoms with van der Waals surface area (Å²) in [5.41, 5.74) is 0.905. The predicted octanol–water partition coefficient (Wildman–Crippen LogP) is 2.62. The second-order valence-corrected chi connectivity index (χ2v) is 6.14. The number of carboxylic acid groups (broad SMARTS) is 1. The van der Waals surface area contributed by atoms with E-state index in [0.717, 1.165) is 10.9 Å². The molecule has 116 valence electrons. The van der Waals surface area contributed by atoms with Crippen LogP contribution in [0.2, 0.25) is 5.02 Å². The van der Waals surface area contributed by atoms with Gasteiger partial charge in [0.1, 0.15) is 6.54 Å². The normalized spacial score (nSPS) is 21.5. The van der Waals surface area contributed by atoms with Crippen LogP contribution < -0.4 is 0 Å². The van der Waals surface area contributed by atoms with E-state index in [2.05, 4.69) is 0 Å². The molecule has 2 heterocycles. The number of fused-ring (bicyclic) bond motifs is 1. The Morgan fingerprint density at radius 2 is 2.14 bits per heavy atom. The number of likely N-dealkylation sites (tertiary alicyclic amines) is 1. The molecular weight excluding hydrogens is 304 g/mol. The third-order valence-electron chi connectivity index (χ3n) is 4.43. The number of halogens is 1. The number of hydrogen-bond acceptors (Lipinski definition) is 2. The van der Waals surface area contributed by atoms with E-state index in [9.17, 15) is 9.59 Å². The van der Waals surface area contributed by atoms with Crippen molar-refractivity contribution in [3.63, 3.8) is 0 Å². The Balaban J connectivity index is 1.79. The molecule has 0 saturated carbocycles. The first-order chi connectivity index (χ1) is 10.5. The Hall–Kier alpha value is -2.01. The molecule has 5 nitrogen and oxygen atoms in total. The molecule has 1 aliphatic rings. The van der Waals surface area contributed by atoms with E-state index in [-0.39, 0.29) is 18.5 Å². The second-order valence-electron chi connectivity index (χ2n) is 5.71. The van der Waals surface area contributed by atoms with Gasteiger partial charge in [-0.15, -0.1) is 0 Å². The molecule has 1 aromatic carbocycles. The summed E-state index contributed by atoms with van der Waals surface area (Å²) in [6.07, 6.45) is 2.37. The molecule has 0 spiro atoms. The molecule has 0 bridgehead atoms. The summed E-state index contributed by atoms with van der Waals surface area (Å²) in [5.74, 6) is -1.37. The average Bonchev–Trinajstić information content (AvgIpc) is 3.03. The highest BCUT2D eigenvalue weighted by Crippen LogP contribution is 2.25. The van der Waals surface area contributed by atoms with E-state index in [1.54, 1.807) is 11.8 Å². The summed E-state index contributed by atoms with van der Waals surface area (Å²) in [4.78, 5) is 25.3. The van der Waals surface area contributed by atoms with Crippen molar-refractivity contribution in [2.75, 3.05) is 6.54 Å². The lowest BCUT2D eigenvalue weighted by atomic mass is 10.0. The first kappa shape index (κ1) is 14.9. The molecule has 1 fully saturated rings. The minimum Gasteiger partial charge on any atom is -0.481 e. The molecule has 3 rings (SSSR count).